The van der Waals surface area contributed by atoms with Gasteiger partial charge in [0.1, 0.15) is 11.0 Å². The van der Waals surface area contributed by atoms with Gasteiger partial charge in [0, 0.05) is 6.07 Å². The second kappa shape index (κ2) is 2.61. The van der Waals surface area contributed by atoms with Gasteiger partial charge in [-0.3, -0.25) is 4.40 Å². The molecule has 2 aromatic heterocycles. The van der Waals surface area contributed by atoms with E-state index in [1.165, 1.54) is 0 Å². The summed E-state index contributed by atoms with van der Waals surface area (Å²) in [5.41, 5.74) is 0.859. The van der Waals surface area contributed by atoms with Crippen LogP contribution in [0.2, 0.25) is 10.4 Å². The molecule has 0 aromatic carbocycles. The summed E-state index contributed by atoms with van der Waals surface area (Å²) in [4.78, 5) is 7.97. The Morgan fingerprint density at radius 3 is 2.92 bits per heavy atom. The van der Waals surface area contributed by atoms with Crippen molar-refractivity contribution in [2.45, 2.75) is 6.92 Å². The lowest BCUT2D eigenvalue weighted by Gasteiger charge is -1.98. The highest BCUT2D eigenvalue weighted by atomic mass is 35.5. The molecule has 0 fully saturated rings. The Balaban J connectivity index is 2.93. The topological polar surface area (TPSA) is 30.2 Å². The molecule has 62 valence electrons. The maximum Gasteiger partial charge on any atom is 0.210 e. The number of fused-ring (bicyclic) bond motifs is 1. The molecule has 0 amide bonds. The standard InChI is InChI=1S/C7H5Cl2N3/c1-4-10-3-5-2-6(8)11-7(9)12(4)5/h2-3H,1H3. The maximum absolute atomic E-state index is 5.84. The number of imidazole rings is 1. The summed E-state index contributed by atoms with van der Waals surface area (Å²) in [6.45, 7) is 1.86. The number of rotatable bonds is 0. The maximum atomic E-state index is 5.84. The number of hydrogen-bond acceptors (Lipinski definition) is 2. The van der Waals surface area contributed by atoms with E-state index < -0.39 is 0 Å². The fraction of sp³-hybridized carbons (Fsp3) is 0.143. The molecule has 0 atom stereocenters. The highest BCUT2D eigenvalue weighted by Gasteiger charge is 2.04. The van der Waals surface area contributed by atoms with Gasteiger partial charge in [0.25, 0.3) is 0 Å². The van der Waals surface area contributed by atoms with Gasteiger partial charge in [-0.05, 0) is 18.5 Å². The Hall–Kier alpha value is -0.800. The monoisotopic (exact) mass is 201 g/mol. The Labute approximate surface area is 79.0 Å². The number of aryl methyl sites for hydroxylation is 1. The molecule has 0 spiro atoms. The number of halogens is 2. The molecule has 0 aliphatic rings. The van der Waals surface area contributed by atoms with E-state index in [9.17, 15) is 0 Å². The van der Waals surface area contributed by atoms with E-state index in [1.54, 1.807) is 16.7 Å². The van der Waals surface area contributed by atoms with Crippen molar-refractivity contribution in [2.24, 2.45) is 0 Å². The van der Waals surface area contributed by atoms with Crippen molar-refractivity contribution in [2.75, 3.05) is 0 Å². The molecule has 0 N–H and O–H groups in total. The van der Waals surface area contributed by atoms with Gasteiger partial charge >= 0.3 is 0 Å². The molecule has 2 aromatic rings. The van der Waals surface area contributed by atoms with Crippen LogP contribution >= 0.6 is 23.2 Å². The molecule has 0 unspecified atom stereocenters. The summed E-state index contributed by atoms with van der Waals surface area (Å²) in [5, 5.41) is 0.722. The third-order valence-corrected chi connectivity index (χ3v) is 2.06. The summed E-state index contributed by atoms with van der Waals surface area (Å²) >= 11 is 11.5. The minimum atomic E-state index is 0.340. The first-order valence-corrected chi connectivity index (χ1v) is 4.10. The summed E-state index contributed by atoms with van der Waals surface area (Å²) in [6.07, 6.45) is 1.70. The molecule has 0 saturated carbocycles. The van der Waals surface area contributed by atoms with Crippen molar-refractivity contribution >= 4 is 28.7 Å². The Morgan fingerprint density at radius 2 is 2.17 bits per heavy atom. The van der Waals surface area contributed by atoms with E-state index in [1.807, 2.05) is 6.92 Å². The lowest BCUT2D eigenvalue weighted by Crippen LogP contribution is -1.92. The van der Waals surface area contributed by atoms with Crippen molar-refractivity contribution in [3.8, 4) is 0 Å². The molecule has 2 rings (SSSR count). The van der Waals surface area contributed by atoms with E-state index in [2.05, 4.69) is 9.97 Å². The van der Waals surface area contributed by atoms with Crippen molar-refractivity contribution in [3.05, 3.63) is 28.5 Å². The van der Waals surface area contributed by atoms with Gasteiger partial charge in [0.2, 0.25) is 5.28 Å². The van der Waals surface area contributed by atoms with Crippen LogP contribution in [0, 0.1) is 6.92 Å². The average Bonchev–Trinajstić information content (AvgIpc) is 2.31. The van der Waals surface area contributed by atoms with Crippen LogP contribution < -0.4 is 0 Å². The predicted octanol–water partition coefficient (Wildman–Crippen LogP) is 2.34. The highest BCUT2D eigenvalue weighted by Crippen LogP contribution is 2.17. The van der Waals surface area contributed by atoms with E-state index in [4.69, 9.17) is 23.2 Å². The van der Waals surface area contributed by atoms with Gasteiger partial charge in [-0.25, -0.2) is 9.97 Å². The van der Waals surface area contributed by atoms with Crippen molar-refractivity contribution in [1.29, 1.82) is 0 Å². The molecule has 2 heterocycles. The minimum Gasteiger partial charge on any atom is -0.271 e. The van der Waals surface area contributed by atoms with Crippen molar-refractivity contribution in [3.63, 3.8) is 0 Å². The van der Waals surface area contributed by atoms with Gasteiger partial charge in [-0.1, -0.05) is 11.6 Å². The highest BCUT2D eigenvalue weighted by molar-refractivity contribution is 6.32. The predicted molar refractivity (Wildman–Crippen MR) is 47.7 cm³/mol. The van der Waals surface area contributed by atoms with Gasteiger partial charge < -0.3 is 0 Å². The normalized spacial score (nSPS) is 10.9. The molecular weight excluding hydrogens is 197 g/mol. The Kier molecular flexibility index (Phi) is 1.70. The molecule has 5 heteroatoms. The van der Waals surface area contributed by atoms with Crippen LogP contribution in [0.4, 0.5) is 0 Å². The lowest BCUT2D eigenvalue weighted by molar-refractivity contribution is 1.00. The van der Waals surface area contributed by atoms with Gasteiger partial charge in [0.15, 0.2) is 0 Å². The largest absolute Gasteiger partial charge is 0.271 e. The minimum absolute atomic E-state index is 0.340. The van der Waals surface area contributed by atoms with Crippen LogP contribution in [0.3, 0.4) is 0 Å². The number of aromatic nitrogens is 3. The summed E-state index contributed by atoms with van der Waals surface area (Å²) in [5.74, 6) is 0.805. The zero-order chi connectivity index (χ0) is 8.72. The first kappa shape index (κ1) is 7.83. The van der Waals surface area contributed by atoms with Gasteiger partial charge in [0.05, 0.1) is 11.7 Å². The SMILES string of the molecule is Cc1ncc2cc(Cl)nc(Cl)n12. The molecule has 0 aliphatic heterocycles. The number of hydrogen-bond donors (Lipinski definition) is 0. The summed E-state index contributed by atoms with van der Waals surface area (Å²) in [6, 6.07) is 1.72. The van der Waals surface area contributed by atoms with E-state index >= 15 is 0 Å². The van der Waals surface area contributed by atoms with E-state index in [0.29, 0.717) is 10.4 Å². The Morgan fingerprint density at radius 1 is 1.42 bits per heavy atom. The van der Waals surface area contributed by atoms with Crippen LogP contribution in [0.5, 0.6) is 0 Å². The van der Waals surface area contributed by atoms with Crippen LogP contribution in [0.25, 0.3) is 5.52 Å². The molecule has 0 aliphatic carbocycles. The van der Waals surface area contributed by atoms with E-state index in [-0.39, 0.29) is 0 Å². The fourth-order valence-corrected chi connectivity index (χ4v) is 1.64. The van der Waals surface area contributed by atoms with Crippen molar-refractivity contribution in [1.82, 2.24) is 14.4 Å². The third-order valence-electron chi connectivity index (χ3n) is 1.62. The second-order valence-corrected chi connectivity index (χ2v) is 3.14. The molecule has 0 bridgehead atoms. The molecule has 0 saturated heterocycles. The smallest absolute Gasteiger partial charge is 0.210 e. The number of nitrogens with zero attached hydrogens (tertiary/aromatic N) is 3. The quantitative estimate of drug-likeness (QED) is 0.484. The van der Waals surface area contributed by atoms with Crippen LogP contribution in [0.15, 0.2) is 12.3 Å². The first-order chi connectivity index (χ1) is 5.68. The fourth-order valence-electron chi connectivity index (χ4n) is 1.10. The summed E-state index contributed by atoms with van der Waals surface area (Å²) in [7, 11) is 0. The molecular formula is C7H5Cl2N3. The van der Waals surface area contributed by atoms with Crippen molar-refractivity contribution < 1.29 is 0 Å². The molecule has 0 radical (unpaired) electrons. The Bertz CT molecular complexity index is 435. The molecule has 3 nitrogen and oxygen atoms in total. The summed E-state index contributed by atoms with van der Waals surface area (Å²) < 4.78 is 1.73. The zero-order valence-electron chi connectivity index (χ0n) is 6.25. The molecule has 12 heavy (non-hydrogen) atoms. The first-order valence-electron chi connectivity index (χ1n) is 3.34. The van der Waals surface area contributed by atoms with Gasteiger partial charge in [-0.2, -0.15) is 0 Å². The third kappa shape index (κ3) is 1.06. The zero-order valence-corrected chi connectivity index (χ0v) is 7.76. The van der Waals surface area contributed by atoms with Crippen LogP contribution in [-0.4, -0.2) is 14.4 Å². The van der Waals surface area contributed by atoms with E-state index in [0.717, 1.165) is 11.3 Å². The lowest BCUT2D eigenvalue weighted by atomic mass is 10.5. The van der Waals surface area contributed by atoms with Crippen LogP contribution in [0.1, 0.15) is 5.82 Å². The van der Waals surface area contributed by atoms with Crippen LogP contribution in [-0.2, 0) is 0 Å². The second-order valence-electron chi connectivity index (χ2n) is 2.41. The van der Waals surface area contributed by atoms with Gasteiger partial charge in [-0.15, -0.1) is 0 Å². The average molecular weight is 202 g/mol.